The van der Waals surface area contributed by atoms with Crippen LogP contribution in [-0.4, -0.2) is 17.4 Å². The summed E-state index contributed by atoms with van der Waals surface area (Å²) in [6.07, 6.45) is 2.54. The number of hydrogen-bond donors (Lipinski definition) is 2. The molecule has 0 atom stereocenters. The van der Waals surface area contributed by atoms with Crippen molar-refractivity contribution < 1.29 is 9.18 Å². The van der Waals surface area contributed by atoms with E-state index in [1.54, 1.807) is 24.3 Å². The SMILES string of the molecule is CCCNc1ccc(C(=O)NCc2cccc(F)c2)cn1. The van der Waals surface area contributed by atoms with Crippen LogP contribution in [0.25, 0.3) is 0 Å². The highest BCUT2D eigenvalue weighted by atomic mass is 19.1. The van der Waals surface area contributed by atoms with Gasteiger partial charge in [-0.05, 0) is 36.2 Å². The molecule has 1 aromatic carbocycles. The van der Waals surface area contributed by atoms with Gasteiger partial charge in [-0.1, -0.05) is 19.1 Å². The van der Waals surface area contributed by atoms with Gasteiger partial charge >= 0.3 is 0 Å². The van der Waals surface area contributed by atoms with Gasteiger partial charge in [0.25, 0.3) is 5.91 Å². The summed E-state index contributed by atoms with van der Waals surface area (Å²) in [6, 6.07) is 9.64. The average Bonchev–Trinajstić information content (AvgIpc) is 2.51. The zero-order valence-electron chi connectivity index (χ0n) is 11.9. The number of carbonyl (C=O) groups excluding carboxylic acids is 1. The molecule has 0 bridgehead atoms. The van der Waals surface area contributed by atoms with E-state index in [1.807, 2.05) is 0 Å². The van der Waals surface area contributed by atoms with Gasteiger partial charge in [0, 0.05) is 19.3 Å². The number of anilines is 1. The van der Waals surface area contributed by atoms with Gasteiger partial charge < -0.3 is 10.6 Å². The van der Waals surface area contributed by atoms with E-state index in [0.717, 1.165) is 24.3 Å². The normalized spacial score (nSPS) is 10.2. The van der Waals surface area contributed by atoms with E-state index >= 15 is 0 Å². The van der Waals surface area contributed by atoms with Crippen molar-refractivity contribution in [1.82, 2.24) is 10.3 Å². The summed E-state index contributed by atoms with van der Waals surface area (Å²) in [4.78, 5) is 16.1. The molecule has 1 amide bonds. The highest BCUT2D eigenvalue weighted by molar-refractivity contribution is 5.93. The molecule has 0 spiro atoms. The monoisotopic (exact) mass is 287 g/mol. The molecule has 110 valence electrons. The molecular weight excluding hydrogens is 269 g/mol. The van der Waals surface area contributed by atoms with Gasteiger partial charge in [-0.2, -0.15) is 0 Å². The molecule has 2 N–H and O–H groups in total. The van der Waals surface area contributed by atoms with Gasteiger partial charge in [-0.25, -0.2) is 9.37 Å². The van der Waals surface area contributed by atoms with Crippen LogP contribution >= 0.6 is 0 Å². The van der Waals surface area contributed by atoms with Gasteiger partial charge in [-0.15, -0.1) is 0 Å². The van der Waals surface area contributed by atoms with E-state index in [4.69, 9.17) is 0 Å². The molecule has 2 rings (SSSR count). The van der Waals surface area contributed by atoms with Crippen LogP contribution in [0.3, 0.4) is 0 Å². The van der Waals surface area contributed by atoms with Crippen LogP contribution in [0.15, 0.2) is 42.6 Å². The van der Waals surface area contributed by atoms with Crippen LogP contribution in [0, 0.1) is 5.82 Å². The maximum Gasteiger partial charge on any atom is 0.253 e. The first kappa shape index (κ1) is 15.0. The number of pyridine rings is 1. The second-order valence-electron chi connectivity index (χ2n) is 4.67. The van der Waals surface area contributed by atoms with Crippen molar-refractivity contribution in [3.63, 3.8) is 0 Å². The Morgan fingerprint density at radius 1 is 1.29 bits per heavy atom. The number of amides is 1. The first-order valence-corrected chi connectivity index (χ1v) is 6.91. The van der Waals surface area contributed by atoms with Crippen LogP contribution < -0.4 is 10.6 Å². The zero-order chi connectivity index (χ0) is 15.1. The van der Waals surface area contributed by atoms with Crippen molar-refractivity contribution in [2.24, 2.45) is 0 Å². The second kappa shape index (κ2) is 7.38. The van der Waals surface area contributed by atoms with E-state index in [2.05, 4.69) is 22.5 Å². The van der Waals surface area contributed by atoms with Crippen LogP contribution in [0.2, 0.25) is 0 Å². The highest BCUT2D eigenvalue weighted by Gasteiger charge is 2.06. The van der Waals surface area contributed by atoms with Crippen molar-refractivity contribution in [1.29, 1.82) is 0 Å². The Balaban J connectivity index is 1.91. The quantitative estimate of drug-likeness (QED) is 0.859. The van der Waals surface area contributed by atoms with Crippen molar-refractivity contribution in [3.8, 4) is 0 Å². The molecule has 1 aromatic heterocycles. The Kier molecular flexibility index (Phi) is 5.26. The van der Waals surface area contributed by atoms with Crippen molar-refractivity contribution >= 4 is 11.7 Å². The number of carbonyl (C=O) groups is 1. The molecule has 21 heavy (non-hydrogen) atoms. The lowest BCUT2D eigenvalue weighted by Gasteiger charge is -2.07. The Labute approximate surface area is 123 Å². The van der Waals surface area contributed by atoms with Crippen LogP contribution in [0.1, 0.15) is 29.3 Å². The summed E-state index contributed by atoms with van der Waals surface area (Å²) in [5.74, 6) is 0.210. The van der Waals surface area contributed by atoms with E-state index in [-0.39, 0.29) is 18.3 Å². The minimum absolute atomic E-state index is 0.228. The van der Waals surface area contributed by atoms with Crippen LogP contribution in [-0.2, 0) is 6.54 Å². The average molecular weight is 287 g/mol. The Hall–Kier alpha value is -2.43. The zero-order valence-corrected chi connectivity index (χ0v) is 11.9. The molecule has 0 saturated carbocycles. The summed E-state index contributed by atoms with van der Waals surface area (Å²) in [5.41, 5.74) is 1.20. The summed E-state index contributed by atoms with van der Waals surface area (Å²) in [7, 11) is 0. The molecule has 1 heterocycles. The summed E-state index contributed by atoms with van der Waals surface area (Å²) in [6.45, 7) is 3.20. The van der Waals surface area contributed by atoms with Gasteiger partial charge in [-0.3, -0.25) is 4.79 Å². The molecular formula is C16H18FN3O. The standard InChI is InChI=1S/C16H18FN3O/c1-2-8-18-15-7-6-13(11-19-15)16(21)20-10-12-4-3-5-14(17)9-12/h3-7,9,11H,2,8,10H2,1H3,(H,18,19)(H,20,21). The van der Waals surface area contributed by atoms with Crippen LogP contribution in [0.4, 0.5) is 10.2 Å². The van der Waals surface area contributed by atoms with Crippen molar-refractivity contribution in [2.45, 2.75) is 19.9 Å². The van der Waals surface area contributed by atoms with Crippen LogP contribution in [0.5, 0.6) is 0 Å². The second-order valence-corrected chi connectivity index (χ2v) is 4.67. The third-order valence-corrected chi connectivity index (χ3v) is 2.92. The maximum atomic E-state index is 13.0. The Morgan fingerprint density at radius 3 is 2.81 bits per heavy atom. The number of rotatable bonds is 6. The Morgan fingerprint density at radius 2 is 2.14 bits per heavy atom. The fourth-order valence-corrected chi connectivity index (χ4v) is 1.82. The molecule has 0 fully saturated rings. The number of hydrogen-bond acceptors (Lipinski definition) is 3. The van der Waals surface area contributed by atoms with E-state index in [9.17, 15) is 9.18 Å². The van der Waals surface area contributed by atoms with Gasteiger partial charge in [0.05, 0.1) is 5.56 Å². The lowest BCUT2D eigenvalue weighted by Crippen LogP contribution is -2.23. The third-order valence-electron chi connectivity index (χ3n) is 2.92. The molecule has 0 radical (unpaired) electrons. The summed E-state index contributed by atoms with van der Waals surface area (Å²) >= 11 is 0. The van der Waals surface area contributed by atoms with E-state index in [1.165, 1.54) is 18.3 Å². The largest absolute Gasteiger partial charge is 0.370 e. The molecule has 0 aliphatic rings. The topological polar surface area (TPSA) is 54.0 Å². The Bertz CT molecular complexity index is 599. The van der Waals surface area contributed by atoms with Gasteiger partial charge in [0.1, 0.15) is 11.6 Å². The summed E-state index contributed by atoms with van der Waals surface area (Å²) < 4.78 is 13.0. The fraction of sp³-hybridized carbons (Fsp3) is 0.250. The molecule has 0 aliphatic carbocycles. The number of aromatic nitrogens is 1. The molecule has 0 aliphatic heterocycles. The molecule has 0 unspecified atom stereocenters. The smallest absolute Gasteiger partial charge is 0.253 e. The number of benzene rings is 1. The predicted molar refractivity (Wildman–Crippen MR) is 80.6 cm³/mol. The maximum absolute atomic E-state index is 13.0. The summed E-state index contributed by atoms with van der Waals surface area (Å²) in [5, 5.41) is 5.88. The first-order valence-electron chi connectivity index (χ1n) is 6.91. The van der Waals surface area contributed by atoms with Gasteiger partial charge in [0.15, 0.2) is 0 Å². The highest BCUT2D eigenvalue weighted by Crippen LogP contribution is 2.06. The van der Waals surface area contributed by atoms with Crippen molar-refractivity contribution in [3.05, 3.63) is 59.5 Å². The van der Waals surface area contributed by atoms with E-state index < -0.39 is 0 Å². The molecule has 4 nitrogen and oxygen atoms in total. The fourth-order valence-electron chi connectivity index (χ4n) is 1.82. The number of nitrogens with zero attached hydrogens (tertiary/aromatic N) is 1. The van der Waals surface area contributed by atoms with Crippen molar-refractivity contribution in [2.75, 3.05) is 11.9 Å². The first-order chi connectivity index (χ1) is 10.2. The van der Waals surface area contributed by atoms with Gasteiger partial charge in [0.2, 0.25) is 0 Å². The lowest BCUT2D eigenvalue weighted by molar-refractivity contribution is 0.0950. The molecule has 5 heteroatoms. The minimum Gasteiger partial charge on any atom is -0.370 e. The third kappa shape index (κ3) is 4.56. The molecule has 2 aromatic rings. The molecule has 0 saturated heterocycles. The minimum atomic E-state index is -0.310. The lowest BCUT2D eigenvalue weighted by atomic mass is 10.2. The number of nitrogens with one attached hydrogen (secondary N) is 2. The predicted octanol–water partition coefficient (Wildman–Crippen LogP) is 2.97. The number of halogens is 1. The van der Waals surface area contributed by atoms with E-state index in [0.29, 0.717) is 5.56 Å².